The Morgan fingerprint density at radius 2 is 1.88 bits per heavy atom. The largest absolute Gasteiger partial charge is 0.294 e. The van der Waals surface area contributed by atoms with Gasteiger partial charge in [-0.3, -0.25) is 9.48 Å². The molecule has 2 aliphatic rings. The Morgan fingerprint density at radius 1 is 1.12 bits per heavy atom. The number of carbonyl (C=O) groups excluding carboxylic acids is 1. The van der Waals surface area contributed by atoms with E-state index in [1.807, 2.05) is 11.7 Å². The maximum Gasteiger partial charge on any atom is 0.166 e. The van der Waals surface area contributed by atoms with Crippen LogP contribution in [0.2, 0.25) is 0 Å². The van der Waals surface area contributed by atoms with Crippen LogP contribution in [0.4, 0.5) is 0 Å². The number of aromatic nitrogens is 2. The molecule has 0 radical (unpaired) electrons. The van der Waals surface area contributed by atoms with E-state index in [1.54, 1.807) is 0 Å². The zero-order valence-electron chi connectivity index (χ0n) is 10.5. The zero-order chi connectivity index (χ0) is 11.8. The number of fused-ring (bicyclic) bond motifs is 1. The number of aryl methyl sites for hydroxylation is 2. The molecule has 92 valence electrons. The highest BCUT2D eigenvalue weighted by molar-refractivity contribution is 5.99. The van der Waals surface area contributed by atoms with Gasteiger partial charge in [0.2, 0.25) is 0 Å². The fourth-order valence-electron chi connectivity index (χ4n) is 3.46. The molecular formula is C14H20N2O. The molecule has 0 saturated heterocycles. The minimum atomic E-state index is 0.333. The highest BCUT2D eigenvalue weighted by atomic mass is 16.1. The van der Waals surface area contributed by atoms with Crippen molar-refractivity contribution in [3.8, 4) is 0 Å². The molecule has 0 aliphatic heterocycles. The van der Waals surface area contributed by atoms with Gasteiger partial charge in [0.25, 0.3) is 0 Å². The monoisotopic (exact) mass is 232 g/mol. The predicted molar refractivity (Wildman–Crippen MR) is 66.3 cm³/mol. The van der Waals surface area contributed by atoms with Gasteiger partial charge < -0.3 is 0 Å². The summed E-state index contributed by atoms with van der Waals surface area (Å²) in [6.45, 7) is 0. The first-order chi connectivity index (χ1) is 8.27. The van der Waals surface area contributed by atoms with Crippen LogP contribution >= 0.6 is 0 Å². The molecule has 0 N–H and O–H groups in total. The van der Waals surface area contributed by atoms with E-state index in [4.69, 9.17) is 0 Å². The van der Waals surface area contributed by atoms with Crippen molar-refractivity contribution >= 4 is 5.78 Å². The number of rotatable bonds is 1. The molecule has 2 aliphatic carbocycles. The molecular weight excluding hydrogens is 212 g/mol. The van der Waals surface area contributed by atoms with Crippen molar-refractivity contribution < 1.29 is 4.79 Å². The van der Waals surface area contributed by atoms with Gasteiger partial charge in [-0.1, -0.05) is 19.3 Å². The average molecular weight is 232 g/mol. The fraction of sp³-hybridized carbons (Fsp3) is 0.714. The van der Waals surface area contributed by atoms with Crippen molar-refractivity contribution in [2.75, 3.05) is 0 Å². The van der Waals surface area contributed by atoms with Crippen LogP contribution in [0.25, 0.3) is 0 Å². The van der Waals surface area contributed by atoms with E-state index in [1.165, 1.54) is 37.8 Å². The number of hydrogen-bond donors (Lipinski definition) is 0. The van der Waals surface area contributed by atoms with Gasteiger partial charge in [-0.2, -0.15) is 5.10 Å². The summed E-state index contributed by atoms with van der Waals surface area (Å²) in [6, 6.07) is 0. The van der Waals surface area contributed by atoms with Gasteiger partial charge in [-0.15, -0.1) is 0 Å². The van der Waals surface area contributed by atoms with Gasteiger partial charge in [-0.05, 0) is 25.7 Å². The summed E-state index contributed by atoms with van der Waals surface area (Å²) in [7, 11) is 2.01. The van der Waals surface area contributed by atoms with Crippen LogP contribution in [0.15, 0.2) is 0 Å². The molecule has 0 unspecified atom stereocenters. The lowest BCUT2D eigenvalue weighted by molar-refractivity contribution is 0.0970. The SMILES string of the molecule is Cn1nc2c(c1C1CCCCC1)C(=O)CCC2. The Kier molecular flexibility index (Phi) is 2.77. The van der Waals surface area contributed by atoms with Crippen molar-refractivity contribution in [3.05, 3.63) is 17.0 Å². The topological polar surface area (TPSA) is 34.9 Å². The molecule has 1 aromatic heterocycles. The molecule has 1 saturated carbocycles. The lowest BCUT2D eigenvalue weighted by Crippen LogP contribution is -2.15. The van der Waals surface area contributed by atoms with Gasteiger partial charge in [0.15, 0.2) is 5.78 Å². The van der Waals surface area contributed by atoms with Crippen LogP contribution in [-0.2, 0) is 13.5 Å². The molecule has 0 spiro atoms. The van der Waals surface area contributed by atoms with Crippen molar-refractivity contribution in [2.45, 2.75) is 57.3 Å². The Bertz CT molecular complexity index is 441. The van der Waals surface area contributed by atoms with Crippen molar-refractivity contribution in [1.82, 2.24) is 9.78 Å². The first kappa shape index (κ1) is 11.0. The van der Waals surface area contributed by atoms with E-state index in [-0.39, 0.29) is 0 Å². The van der Waals surface area contributed by atoms with Crippen LogP contribution < -0.4 is 0 Å². The van der Waals surface area contributed by atoms with Crippen molar-refractivity contribution in [2.24, 2.45) is 7.05 Å². The number of Topliss-reactive ketones (excluding diaryl/α,β-unsaturated/α-hetero) is 1. The molecule has 0 amide bonds. The third-order valence-electron chi connectivity index (χ3n) is 4.25. The molecule has 0 atom stereocenters. The van der Waals surface area contributed by atoms with Crippen LogP contribution in [0.1, 0.15) is 72.6 Å². The van der Waals surface area contributed by atoms with E-state index in [0.717, 1.165) is 30.5 Å². The zero-order valence-corrected chi connectivity index (χ0v) is 10.5. The summed E-state index contributed by atoms with van der Waals surface area (Å²) in [5.74, 6) is 0.909. The second-order valence-corrected chi connectivity index (χ2v) is 5.44. The van der Waals surface area contributed by atoms with Gasteiger partial charge in [0.05, 0.1) is 17.0 Å². The summed E-state index contributed by atoms with van der Waals surface area (Å²) >= 11 is 0. The second-order valence-electron chi connectivity index (χ2n) is 5.44. The predicted octanol–water partition coefficient (Wildman–Crippen LogP) is 2.99. The lowest BCUT2D eigenvalue weighted by Gasteiger charge is -2.23. The number of carbonyl (C=O) groups is 1. The van der Waals surface area contributed by atoms with Crippen LogP contribution in [0.3, 0.4) is 0 Å². The summed E-state index contributed by atoms with van der Waals surface area (Å²) in [6.07, 6.45) is 9.12. The minimum Gasteiger partial charge on any atom is -0.294 e. The second kappa shape index (κ2) is 4.28. The Balaban J connectivity index is 2.03. The lowest BCUT2D eigenvalue weighted by atomic mass is 9.82. The Morgan fingerprint density at radius 3 is 2.65 bits per heavy atom. The van der Waals surface area contributed by atoms with Gasteiger partial charge in [0.1, 0.15) is 0 Å². The van der Waals surface area contributed by atoms with E-state index in [0.29, 0.717) is 11.7 Å². The van der Waals surface area contributed by atoms with Gasteiger partial charge in [0, 0.05) is 19.4 Å². The molecule has 0 bridgehead atoms. The van der Waals surface area contributed by atoms with E-state index >= 15 is 0 Å². The maximum absolute atomic E-state index is 12.1. The van der Waals surface area contributed by atoms with Crippen molar-refractivity contribution in [1.29, 1.82) is 0 Å². The molecule has 0 aromatic carbocycles. The Hall–Kier alpha value is -1.12. The molecule has 3 rings (SSSR count). The van der Waals surface area contributed by atoms with Crippen LogP contribution in [0.5, 0.6) is 0 Å². The first-order valence-electron chi connectivity index (χ1n) is 6.86. The maximum atomic E-state index is 12.1. The van der Waals surface area contributed by atoms with E-state index in [9.17, 15) is 4.79 Å². The highest BCUT2D eigenvalue weighted by Crippen LogP contribution is 2.37. The van der Waals surface area contributed by atoms with Gasteiger partial charge in [-0.25, -0.2) is 0 Å². The Labute approximate surface area is 102 Å². The molecule has 1 aromatic rings. The summed E-state index contributed by atoms with van der Waals surface area (Å²) in [5.41, 5.74) is 3.29. The van der Waals surface area contributed by atoms with Crippen molar-refractivity contribution in [3.63, 3.8) is 0 Å². The third-order valence-corrected chi connectivity index (χ3v) is 4.25. The summed E-state index contributed by atoms with van der Waals surface area (Å²) < 4.78 is 1.99. The molecule has 1 fully saturated rings. The van der Waals surface area contributed by atoms with E-state index < -0.39 is 0 Å². The summed E-state index contributed by atoms with van der Waals surface area (Å²) in [4.78, 5) is 12.1. The first-order valence-corrected chi connectivity index (χ1v) is 6.86. The summed E-state index contributed by atoms with van der Waals surface area (Å²) in [5, 5.41) is 4.57. The highest BCUT2D eigenvalue weighted by Gasteiger charge is 2.30. The smallest absolute Gasteiger partial charge is 0.166 e. The number of nitrogens with zero attached hydrogens (tertiary/aromatic N) is 2. The molecule has 1 heterocycles. The third kappa shape index (κ3) is 1.81. The quantitative estimate of drug-likeness (QED) is 0.746. The minimum absolute atomic E-state index is 0.333. The molecule has 3 heteroatoms. The molecule has 3 nitrogen and oxygen atoms in total. The van der Waals surface area contributed by atoms with Crippen LogP contribution in [-0.4, -0.2) is 15.6 Å². The number of hydrogen-bond acceptors (Lipinski definition) is 2. The number of ketones is 1. The average Bonchev–Trinajstić information content (AvgIpc) is 2.68. The van der Waals surface area contributed by atoms with Crippen LogP contribution in [0, 0.1) is 0 Å². The molecule has 17 heavy (non-hydrogen) atoms. The van der Waals surface area contributed by atoms with Gasteiger partial charge >= 0.3 is 0 Å². The standard InChI is InChI=1S/C14H20N2O/c1-16-14(10-6-3-2-4-7-10)13-11(15-16)8-5-9-12(13)17/h10H,2-9H2,1H3. The normalized spacial score (nSPS) is 21.6. The van der Waals surface area contributed by atoms with E-state index in [2.05, 4.69) is 5.10 Å². The fourth-order valence-corrected chi connectivity index (χ4v) is 3.46.